The molecule has 2 saturated heterocycles. The lowest BCUT2D eigenvalue weighted by Crippen LogP contribution is -2.63. The molecule has 3 fully saturated rings. The molecule has 1 aromatic heterocycles. The predicted molar refractivity (Wildman–Crippen MR) is 167 cm³/mol. The number of amides is 1. The minimum Gasteiger partial charge on any atom is -0.356 e. The van der Waals surface area contributed by atoms with Crippen molar-refractivity contribution >= 4 is 21.7 Å². The van der Waals surface area contributed by atoms with E-state index in [-0.39, 0.29) is 24.0 Å². The summed E-state index contributed by atoms with van der Waals surface area (Å²) < 4.78 is 40.3. The summed E-state index contributed by atoms with van der Waals surface area (Å²) in [6.07, 6.45) is 11.2. The molecule has 1 amide bonds. The van der Waals surface area contributed by atoms with Gasteiger partial charge >= 0.3 is 0 Å². The third-order valence-electron chi connectivity index (χ3n) is 9.59. The van der Waals surface area contributed by atoms with Gasteiger partial charge in [-0.25, -0.2) is 27.5 Å². The van der Waals surface area contributed by atoms with Crippen molar-refractivity contribution in [2.75, 3.05) is 37.3 Å². The first-order valence-corrected chi connectivity index (χ1v) is 17.6. The Labute approximate surface area is 256 Å². The third-order valence-corrected chi connectivity index (χ3v) is 10.4. The predicted octanol–water partition coefficient (Wildman–Crippen LogP) is 4.23. The number of nitrogens with zero attached hydrogens (tertiary/aromatic N) is 5. The van der Waals surface area contributed by atoms with E-state index >= 15 is 0 Å². The Morgan fingerprint density at radius 2 is 1.72 bits per heavy atom. The Kier molecular flexibility index (Phi) is 9.44. The summed E-state index contributed by atoms with van der Waals surface area (Å²) >= 11 is 0. The molecule has 2 aromatic rings. The molecule has 3 heterocycles. The molecule has 236 valence electrons. The van der Waals surface area contributed by atoms with E-state index in [0.29, 0.717) is 23.4 Å². The Balaban J connectivity index is 1.21. The first kappa shape index (κ1) is 31.8. The van der Waals surface area contributed by atoms with Crippen LogP contribution >= 0.6 is 0 Å². The van der Waals surface area contributed by atoms with Crippen molar-refractivity contribution in [2.45, 2.75) is 96.8 Å². The number of hydrogen-bond donors (Lipinski definition) is 1. The van der Waals surface area contributed by atoms with E-state index in [1.54, 1.807) is 17.3 Å². The molecule has 1 spiro atoms. The van der Waals surface area contributed by atoms with Crippen LogP contribution < -0.4 is 9.62 Å². The molecule has 0 bridgehead atoms. The van der Waals surface area contributed by atoms with Crippen molar-refractivity contribution < 1.29 is 17.6 Å². The van der Waals surface area contributed by atoms with Gasteiger partial charge in [-0.3, -0.25) is 9.69 Å². The number of likely N-dealkylation sites (tertiary alicyclic amines) is 1. The summed E-state index contributed by atoms with van der Waals surface area (Å²) in [5.41, 5.74) is 2.44. The zero-order valence-electron chi connectivity index (χ0n) is 26.2. The van der Waals surface area contributed by atoms with Crippen molar-refractivity contribution in [1.29, 1.82) is 0 Å². The molecule has 5 rings (SSSR count). The fraction of sp³-hybridized carbons (Fsp3) is 0.656. The second-order valence-electron chi connectivity index (χ2n) is 13.5. The van der Waals surface area contributed by atoms with Gasteiger partial charge in [0.2, 0.25) is 10.0 Å². The molecule has 1 saturated carbocycles. The lowest BCUT2D eigenvalue weighted by molar-refractivity contribution is -0.0566. The largest absolute Gasteiger partial charge is 0.356 e. The molecule has 43 heavy (non-hydrogen) atoms. The van der Waals surface area contributed by atoms with Gasteiger partial charge in [-0.1, -0.05) is 6.07 Å². The number of rotatable bonds is 9. The van der Waals surface area contributed by atoms with Crippen LogP contribution in [0.25, 0.3) is 0 Å². The van der Waals surface area contributed by atoms with Crippen LogP contribution in [-0.4, -0.2) is 90.7 Å². The highest BCUT2D eigenvalue weighted by Crippen LogP contribution is 2.44. The molecule has 3 aliphatic rings. The van der Waals surface area contributed by atoms with Crippen molar-refractivity contribution in [3.05, 3.63) is 53.2 Å². The van der Waals surface area contributed by atoms with Crippen LogP contribution in [0.5, 0.6) is 0 Å². The molecule has 0 radical (unpaired) electrons. The van der Waals surface area contributed by atoms with Gasteiger partial charge in [0.1, 0.15) is 18.0 Å². The fourth-order valence-electron chi connectivity index (χ4n) is 7.52. The van der Waals surface area contributed by atoms with Crippen molar-refractivity contribution in [3.63, 3.8) is 0 Å². The standard InChI is InChI=1S/C32H47FN6O3S/c1-22(2)39(23(3)4)31(40)29-17-26(33)7-6-24(29)16-25-18-34-21-35-30(25)37-14-12-32(13-15-37)19-38(20-32)28-10-8-27(9-11-28)36-43(5,41)42/h6-7,17-18,21-23,27-28,36H,8-16,19-20H2,1-5H3. The Morgan fingerprint density at radius 3 is 2.33 bits per heavy atom. The van der Waals surface area contributed by atoms with E-state index in [2.05, 4.69) is 24.5 Å². The number of anilines is 1. The number of carbonyl (C=O) groups excluding carboxylic acids is 1. The summed E-state index contributed by atoms with van der Waals surface area (Å²) in [6.45, 7) is 12.0. The monoisotopic (exact) mass is 614 g/mol. The quantitative estimate of drug-likeness (QED) is 0.452. The Morgan fingerprint density at radius 1 is 1.07 bits per heavy atom. The van der Waals surface area contributed by atoms with Crippen LogP contribution in [0.1, 0.15) is 87.7 Å². The molecule has 0 unspecified atom stereocenters. The number of piperidine rings is 1. The lowest BCUT2D eigenvalue weighted by Gasteiger charge is -2.57. The third kappa shape index (κ3) is 7.37. The van der Waals surface area contributed by atoms with Gasteiger partial charge in [0, 0.05) is 74.1 Å². The molecular formula is C32H47FN6O3S. The second kappa shape index (κ2) is 12.8. The zero-order chi connectivity index (χ0) is 30.9. The topological polar surface area (TPSA) is 98.7 Å². The Hall–Kier alpha value is -2.63. The average molecular weight is 615 g/mol. The van der Waals surface area contributed by atoms with Crippen LogP contribution in [0, 0.1) is 11.2 Å². The number of sulfonamides is 1. The van der Waals surface area contributed by atoms with Gasteiger partial charge in [-0.05, 0) is 89.3 Å². The zero-order valence-corrected chi connectivity index (χ0v) is 27.0. The molecule has 1 aliphatic carbocycles. The maximum atomic E-state index is 14.4. The van der Waals surface area contributed by atoms with Crippen molar-refractivity contribution in [2.24, 2.45) is 5.41 Å². The van der Waals surface area contributed by atoms with Crippen molar-refractivity contribution in [3.8, 4) is 0 Å². The van der Waals surface area contributed by atoms with E-state index in [0.717, 1.165) is 81.6 Å². The molecule has 2 aliphatic heterocycles. The van der Waals surface area contributed by atoms with E-state index in [4.69, 9.17) is 0 Å². The molecule has 1 N–H and O–H groups in total. The van der Waals surface area contributed by atoms with Gasteiger partial charge in [-0.15, -0.1) is 0 Å². The molecule has 11 heteroatoms. The average Bonchev–Trinajstić information content (AvgIpc) is 2.92. The number of nitrogens with one attached hydrogen (secondary N) is 1. The van der Waals surface area contributed by atoms with Gasteiger partial charge in [0.15, 0.2) is 0 Å². The molecular weight excluding hydrogens is 567 g/mol. The maximum Gasteiger partial charge on any atom is 0.254 e. The van der Waals surface area contributed by atoms with Crippen LogP contribution in [0.15, 0.2) is 30.7 Å². The highest BCUT2D eigenvalue weighted by Gasteiger charge is 2.47. The number of benzene rings is 1. The number of carbonyl (C=O) groups is 1. The molecule has 9 nitrogen and oxygen atoms in total. The first-order valence-electron chi connectivity index (χ1n) is 15.7. The highest BCUT2D eigenvalue weighted by molar-refractivity contribution is 7.88. The molecule has 1 aromatic carbocycles. The van der Waals surface area contributed by atoms with Crippen molar-refractivity contribution in [1.82, 2.24) is 24.5 Å². The smallest absolute Gasteiger partial charge is 0.254 e. The van der Waals surface area contributed by atoms with E-state index in [1.165, 1.54) is 18.4 Å². The minimum atomic E-state index is -3.15. The summed E-state index contributed by atoms with van der Waals surface area (Å²) in [7, 11) is -3.15. The van der Waals surface area contributed by atoms with Gasteiger partial charge < -0.3 is 9.80 Å². The van der Waals surface area contributed by atoms with E-state index < -0.39 is 15.8 Å². The van der Waals surface area contributed by atoms with E-state index in [9.17, 15) is 17.6 Å². The van der Waals surface area contributed by atoms with Gasteiger partial charge in [0.05, 0.1) is 6.26 Å². The van der Waals surface area contributed by atoms with Gasteiger partial charge in [0.25, 0.3) is 5.91 Å². The lowest BCUT2D eigenvalue weighted by atomic mass is 9.70. The SMILES string of the molecule is CC(C)N(C(=O)c1cc(F)ccc1Cc1cncnc1N1CCC2(CC1)CN(C1CCC(NS(C)(=O)=O)CC1)C2)C(C)C. The summed E-state index contributed by atoms with van der Waals surface area (Å²) in [5.74, 6) is 0.316. The highest BCUT2D eigenvalue weighted by atomic mass is 32.2. The first-order chi connectivity index (χ1) is 20.3. The maximum absolute atomic E-state index is 14.4. The van der Waals surface area contributed by atoms with Crippen LogP contribution in [-0.2, 0) is 16.4 Å². The number of hydrogen-bond acceptors (Lipinski definition) is 7. The normalized spacial score (nSPS) is 22.7. The fourth-order valence-corrected chi connectivity index (χ4v) is 8.36. The second-order valence-corrected chi connectivity index (χ2v) is 15.3. The number of aromatic nitrogens is 2. The summed E-state index contributed by atoms with van der Waals surface area (Å²) in [5, 5.41) is 0. The van der Waals surface area contributed by atoms with Gasteiger partial charge in [-0.2, -0.15) is 0 Å². The Bertz CT molecular complexity index is 1390. The summed E-state index contributed by atoms with van der Waals surface area (Å²) in [4.78, 5) is 29.3. The minimum absolute atomic E-state index is 0.00532. The number of halogens is 1. The van der Waals surface area contributed by atoms with Crippen LogP contribution in [0.2, 0.25) is 0 Å². The van der Waals surface area contributed by atoms with Crippen LogP contribution in [0.4, 0.5) is 10.2 Å². The van der Waals surface area contributed by atoms with E-state index in [1.807, 2.05) is 33.9 Å². The molecule has 0 atom stereocenters. The summed E-state index contributed by atoms with van der Waals surface area (Å²) in [6, 6.07) is 5.11. The van der Waals surface area contributed by atoms with Crippen LogP contribution in [0.3, 0.4) is 0 Å².